The van der Waals surface area contributed by atoms with Crippen LogP contribution in [-0.4, -0.2) is 42.1 Å². The highest BCUT2D eigenvalue weighted by atomic mass is 32.2. The average molecular weight is 448 g/mol. The van der Waals surface area contributed by atoms with Gasteiger partial charge in [0.1, 0.15) is 5.65 Å². The minimum Gasteiger partial charge on any atom is -0.339 e. The Bertz CT molecular complexity index is 1400. The van der Waals surface area contributed by atoms with Gasteiger partial charge in [0.25, 0.3) is 0 Å². The molecule has 166 valence electrons. The van der Waals surface area contributed by atoms with E-state index in [2.05, 4.69) is 33.1 Å². The molecule has 5 rings (SSSR count). The van der Waals surface area contributed by atoms with Crippen molar-refractivity contribution in [3.05, 3.63) is 59.8 Å². The fourth-order valence-corrected chi connectivity index (χ4v) is 5.72. The second kappa shape index (κ2) is 8.34. The lowest BCUT2D eigenvalue weighted by atomic mass is 9.96. The van der Waals surface area contributed by atoms with Crippen LogP contribution in [0.5, 0.6) is 0 Å². The summed E-state index contributed by atoms with van der Waals surface area (Å²) in [7, 11) is -3.28. The van der Waals surface area contributed by atoms with Gasteiger partial charge in [-0.05, 0) is 85.4 Å². The number of aromatic amines is 1. The molecule has 2 aromatic heterocycles. The number of benzene rings is 2. The quantitative estimate of drug-likeness (QED) is 0.440. The van der Waals surface area contributed by atoms with Crippen molar-refractivity contribution in [2.45, 2.75) is 44.6 Å². The van der Waals surface area contributed by atoms with Gasteiger partial charge < -0.3 is 4.98 Å². The van der Waals surface area contributed by atoms with E-state index in [0.29, 0.717) is 4.90 Å². The van der Waals surface area contributed by atoms with Crippen molar-refractivity contribution >= 4 is 31.8 Å². The van der Waals surface area contributed by atoms with Gasteiger partial charge >= 0.3 is 0 Å². The smallest absolute Gasteiger partial charge is 0.178 e. The maximum Gasteiger partial charge on any atom is 0.178 e. The zero-order valence-electron chi connectivity index (χ0n) is 18.7. The van der Waals surface area contributed by atoms with Crippen molar-refractivity contribution in [2.24, 2.45) is 0 Å². The zero-order valence-corrected chi connectivity index (χ0v) is 19.5. The number of aromatic nitrogens is 2. The summed E-state index contributed by atoms with van der Waals surface area (Å²) >= 11 is 0. The van der Waals surface area contributed by atoms with E-state index in [1.165, 1.54) is 24.8 Å². The molecular formula is C26H29N3O2S. The second-order valence-corrected chi connectivity index (χ2v) is 11.1. The van der Waals surface area contributed by atoms with Gasteiger partial charge in [-0.15, -0.1) is 0 Å². The second-order valence-electron chi connectivity index (χ2n) is 8.87. The Morgan fingerprint density at radius 2 is 1.88 bits per heavy atom. The Morgan fingerprint density at radius 1 is 1.06 bits per heavy atom. The predicted octanol–water partition coefficient (Wildman–Crippen LogP) is 5.47. The van der Waals surface area contributed by atoms with E-state index in [9.17, 15) is 8.42 Å². The molecule has 0 saturated carbocycles. The summed E-state index contributed by atoms with van der Waals surface area (Å²) in [5.41, 5.74) is 6.23. The van der Waals surface area contributed by atoms with Gasteiger partial charge in [0.2, 0.25) is 0 Å². The first-order valence-electron chi connectivity index (χ1n) is 11.4. The van der Waals surface area contributed by atoms with Crippen LogP contribution in [0.4, 0.5) is 0 Å². The van der Waals surface area contributed by atoms with Crippen molar-refractivity contribution in [1.29, 1.82) is 0 Å². The molecule has 5 nitrogen and oxygen atoms in total. The van der Waals surface area contributed by atoms with E-state index in [0.717, 1.165) is 58.3 Å². The first-order chi connectivity index (χ1) is 15.4. The van der Waals surface area contributed by atoms with Crippen molar-refractivity contribution in [1.82, 2.24) is 14.9 Å². The van der Waals surface area contributed by atoms with Crippen LogP contribution < -0.4 is 0 Å². The fraction of sp³-hybridized carbons (Fsp3) is 0.346. The molecule has 0 atom stereocenters. The monoisotopic (exact) mass is 447 g/mol. The molecule has 1 saturated heterocycles. The minimum atomic E-state index is -3.28. The lowest BCUT2D eigenvalue weighted by Gasteiger charge is -2.26. The Kier molecular flexibility index (Phi) is 5.51. The number of sulfone groups is 1. The van der Waals surface area contributed by atoms with Gasteiger partial charge in [0, 0.05) is 29.0 Å². The third kappa shape index (κ3) is 3.93. The van der Waals surface area contributed by atoms with Gasteiger partial charge in [-0.3, -0.25) is 4.90 Å². The minimum absolute atomic E-state index is 0.0943. The fourth-order valence-electron chi connectivity index (χ4n) is 4.80. The number of hydrogen-bond donors (Lipinski definition) is 1. The van der Waals surface area contributed by atoms with Crippen LogP contribution in [0.2, 0.25) is 0 Å². The third-order valence-electron chi connectivity index (χ3n) is 6.48. The Labute approximate surface area is 189 Å². The number of nitrogens with zero attached hydrogens (tertiary/aromatic N) is 2. The highest BCUT2D eigenvalue weighted by molar-refractivity contribution is 7.91. The molecule has 3 heterocycles. The molecule has 32 heavy (non-hydrogen) atoms. The molecule has 1 N–H and O–H groups in total. The third-order valence-corrected chi connectivity index (χ3v) is 8.22. The number of H-pyrrole nitrogens is 1. The predicted molar refractivity (Wildman–Crippen MR) is 131 cm³/mol. The van der Waals surface area contributed by atoms with Gasteiger partial charge in [0.05, 0.1) is 10.6 Å². The molecule has 0 unspecified atom stereocenters. The van der Waals surface area contributed by atoms with Gasteiger partial charge in [-0.1, -0.05) is 25.5 Å². The van der Waals surface area contributed by atoms with E-state index in [1.54, 1.807) is 13.0 Å². The molecule has 0 radical (unpaired) electrons. The number of pyridine rings is 1. The van der Waals surface area contributed by atoms with Crippen LogP contribution >= 0.6 is 0 Å². The molecule has 0 amide bonds. The summed E-state index contributed by atoms with van der Waals surface area (Å²) in [5.74, 6) is 0.0943. The van der Waals surface area contributed by atoms with Crippen LogP contribution in [0, 0.1) is 6.92 Å². The van der Waals surface area contributed by atoms with Crippen LogP contribution in [0.3, 0.4) is 0 Å². The first-order valence-corrected chi connectivity index (χ1v) is 13.1. The molecule has 1 fully saturated rings. The Balaban J connectivity index is 1.72. The molecular weight excluding hydrogens is 418 g/mol. The standard InChI is InChI=1S/C26H29N3O2S/c1-3-32(30,31)21-9-7-8-20(15-21)22-13-19(17-29-10-5-4-6-11-29)14-24-25(22)23-12-18(2)16-27-26(23)28-24/h7-9,12-16H,3-6,10-11,17H2,1-2H3,(H,27,28). The highest BCUT2D eigenvalue weighted by Crippen LogP contribution is 2.36. The lowest BCUT2D eigenvalue weighted by molar-refractivity contribution is 0.221. The summed E-state index contributed by atoms with van der Waals surface area (Å²) < 4.78 is 25.1. The lowest BCUT2D eigenvalue weighted by Crippen LogP contribution is -2.29. The molecule has 0 spiro atoms. The SMILES string of the molecule is CCS(=O)(=O)c1cccc(-c2cc(CN3CCCCC3)cc3[nH]c4ncc(C)cc4c23)c1. The molecule has 0 aliphatic carbocycles. The summed E-state index contributed by atoms with van der Waals surface area (Å²) in [6, 6.07) is 14.0. The van der Waals surface area contributed by atoms with Gasteiger partial charge in [-0.2, -0.15) is 0 Å². The highest BCUT2D eigenvalue weighted by Gasteiger charge is 2.18. The van der Waals surface area contributed by atoms with Gasteiger partial charge in [0.15, 0.2) is 9.84 Å². The molecule has 1 aliphatic heterocycles. The normalized spacial score (nSPS) is 15.6. The summed E-state index contributed by atoms with van der Waals surface area (Å²) in [6.07, 6.45) is 5.69. The van der Waals surface area contributed by atoms with Crippen molar-refractivity contribution < 1.29 is 8.42 Å². The van der Waals surface area contributed by atoms with E-state index in [-0.39, 0.29) is 5.75 Å². The Morgan fingerprint density at radius 3 is 2.66 bits per heavy atom. The van der Waals surface area contributed by atoms with Crippen molar-refractivity contribution in [3.63, 3.8) is 0 Å². The molecule has 2 aromatic carbocycles. The largest absolute Gasteiger partial charge is 0.339 e. The van der Waals surface area contributed by atoms with Crippen LogP contribution in [-0.2, 0) is 16.4 Å². The number of hydrogen-bond acceptors (Lipinski definition) is 4. The van der Waals surface area contributed by atoms with Crippen LogP contribution in [0.15, 0.2) is 53.6 Å². The summed E-state index contributed by atoms with van der Waals surface area (Å²) in [6.45, 7) is 6.89. The summed E-state index contributed by atoms with van der Waals surface area (Å²) in [5, 5.41) is 2.17. The van der Waals surface area contributed by atoms with E-state index < -0.39 is 9.84 Å². The number of rotatable bonds is 5. The van der Waals surface area contributed by atoms with E-state index in [4.69, 9.17) is 0 Å². The average Bonchev–Trinajstić information content (AvgIpc) is 3.17. The van der Waals surface area contributed by atoms with Gasteiger partial charge in [-0.25, -0.2) is 13.4 Å². The van der Waals surface area contributed by atoms with E-state index >= 15 is 0 Å². The molecule has 1 aliphatic rings. The van der Waals surface area contributed by atoms with Crippen LogP contribution in [0.1, 0.15) is 37.3 Å². The Hall–Kier alpha value is -2.70. The maximum absolute atomic E-state index is 12.6. The number of nitrogens with one attached hydrogen (secondary N) is 1. The zero-order chi connectivity index (χ0) is 22.3. The number of fused-ring (bicyclic) bond motifs is 3. The van der Waals surface area contributed by atoms with Crippen molar-refractivity contribution in [2.75, 3.05) is 18.8 Å². The van der Waals surface area contributed by atoms with E-state index in [1.807, 2.05) is 31.3 Å². The summed E-state index contributed by atoms with van der Waals surface area (Å²) in [4.78, 5) is 11.0. The first kappa shape index (κ1) is 21.2. The number of aryl methyl sites for hydroxylation is 1. The molecule has 0 bridgehead atoms. The number of piperidine rings is 1. The molecule has 6 heteroatoms. The topological polar surface area (TPSA) is 66.1 Å². The van der Waals surface area contributed by atoms with Crippen molar-refractivity contribution in [3.8, 4) is 11.1 Å². The maximum atomic E-state index is 12.6. The molecule has 4 aromatic rings. The number of likely N-dealkylation sites (tertiary alicyclic amines) is 1. The van der Waals surface area contributed by atoms with Crippen LogP contribution in [0.25, 0.3) is 33.1 Å².